The van der Waals surface area contributed by atoms with Gasteiger partial charge in [-0.2, -0.15) is 0 Å². The van der Waals surface area contributed by atoms with Crippen molar-refractivity contribution in [1.29, 1.82) is 0 Å². The van der Waals surface area contributed by atoms with E-state index in [1.165, 1.54) is 0 Å². The van der Waals surface area contributed by atoms with E-state index in [-0.39, 0.29) is 0 Å². The lowest BCUT2D eigenvalue weighted by atomic mass is 10.5. The highest BCUT2D eigenvalue weighted by molar-refractivity contribution is 9.09. The van der Waals surface area contributed by atoms with Gasteiger partial charge in [0.05, 0.1) is 11.4 Å². The Labute approximate surface area is 58.5 Å². The highest BCUT2D eigenvalue weighted by Crippen LogP contribution is 1.95. The van der Waals surface area contributed by atoms with Crippen molar-refractivity contribution in [2.45, 2.75) is 11.8 Å². The second kappa shape index (κ2) is 5.54. The Hall–Kier alpha value is 0.400. The van der Waals surface area contributed by atoms with Crippen LogP contribution in [-0.4, -0.2) is 24.6 Å². The topological polar surface area (TPSA) is 35.2 Å². The zero-order valence-electron chi connectivity index (χ0n) is 5.06. The van der Waals surface area contributed by atoms with Gasteiger partial charge in [-0.1, -0.05) is 15.9 Å². The van der Waals surface area contributed by atoms with Crippen molar-refractivity contribution in [2.24, 2.45) is 5.73 Å². The van der Waals surface area contributed by atoms with Crippen molar-refractivity contribution >= 4 is 15.9 Å². The molecule has 0 aromatic heterocycles. The smallest absolute Gasteiger partial charge is 0.0603 e. The summed E-state index contributed by atoms with van der Waals surface area (Å²) in [6.45, 7) is 4.09. The molecule has 0 fully saturated rings. The number of hydrogen-bond acceptors (Lipinski definition) is 2. The number of rotatable bonds is 4. The molecule has 0 saturated heterocycles. The highest BCUT2D eigenvalue weighted by atomic mass is 79.9. The average Bonchev–Trinajstić information content (AvgIpc) is 1.83. The molecule has 0 amide bonds. The minimum absolute atomic E-state index is 0.322. The Morgan fingerprint density at radius 3 is 2.75 bits per heavy atom. The van der Waals surface area contributed by atoms with E-state index >= 15 is 0 Å². The van der Waals surface area contributed by atoms with Gasteiger partial charge in [0.25, 0.3) is 0 Å². The van der Waals surface area contributed by atoms with Crippen molar-refractivity contribution in [3.63, 3.8) is 0 Å². The van der Waals surface area contributed by atoms with E-state index in [0.717, 1.165) is 6.61 Å². The summed E-state index contributed by atoms with van der Waals surface area (Å²) in [6.07, 6.45) is 0. The first-order valence-corrected chi connectivity index (χ1v) is 3.64. The van der Waals surface area contributed by atoms with Gasteiger partial charge in [-0.05, 0) is 6.92 Å². The molecule has 0 spiro atoms. The number of nitrogens with two attached hydrogens (primary N) is 1. The van der Waals surface area contributed by atoms with Crippen LogP contribution in [0.25, 0.3) is 0 Å². The van der Waals surface area contributed by atoms with Gasteiger partial charge in [-0.15, -0.1) is 0 Å². The molecule has 0 radical (unpaired) electrons. The molecule has 0 aliphatic heterocycles. The number of alkyl halides is 1. The Morgan fingerprint density at radius 2 is 2.38 bits per heavy atom. The van der Waals surface area contributed by atoms with Crippen LogP contribution in [0.2, 0.25) is 0 Å². The fraction of sp³-hybridized carbons (Fsp3) is 1.00. The second-order valence-corrected chi connectivity index (χ2v) is 2.79. The average molecular weight is 182 g/mol. The summed E-state index contributed by atoms with van der Waals surface area (Å²) in [5.41, 5.74) is 5.29. The van der Waals surface area contributed by atoms with Crippen molar-refractivity contribution in [3.8, 4) is 0 Å². The third-order valence-corrected chi connectivity index (χ3v) is 1.40. The molecule has 0 aromatic carbocycles. The first-order chi connectivity index (χ1) is 3.81. The van der Waals surface area contributed by atoms with Crippen LogP contribution in [0.1, 0.15) is 6.92 Å². The minimum atomic E-state index is 0.322. The van der Waals surface area contributed by atoms with Crippen LogP contribution >= 0.6 is 15.9 Å². The van der Waals surface area contributed by atoms with Crippen LogP contribution in [0.5, 0.6) is 0 Å². The minimum Gasteiger partial charge on any atom is -0.381 e. The third kappa shape index (κ3) is 4.56. The molecule has 0 rings (SSSR count). The van der Waals surface area contributed by atoms with Crippen molar-refractivity contribution < 1.29 is 4.74 Å². The maximum atomic E-state index is 5.29. The van der Waals surface area contributed by atoms with Gasteiger partial charge in [-0.25, -0.2) is 0 Å². The molecule has 1 atom stereocenters. The van der Waals surface area contributed by atoms with Gasteiger partial charge in [-0.3, -0.25) is 0 Å². The summed E-state index contributed by atoms with van der Waals surface area (Å²) < 4.78 is 5.06. The van der Waals surface area contributed by atoms with Gasteiger partial charge in [0.15, 0.2) is 0 Å². The normalized spacial score (nSPS) is 13.9. The summed E-state index contributed by atoms with van der Waals surface area (Å²) in [7, 11) is 0. The molecular weight excluding hydrogens is 170 g/mol. The summed E-state index contributed by atoms with van der Waals surface area (Å²) in [5.74, 6) is 0. The van der Waals surface area contributed by atoms with Crippen molar-refractivity contribution in [2.75, 3.05) is 19.8 Å². The molecule has 1 unspecified atom stereocenters. The Balaban J connectivity index is 2.86. The molecule has 2 nitrogen and oxygen atoms in total. The molecule has 50 valence electrons. The number of ether oxygens (including phenoxy) is 1. The zero-order chi connectivity index (χ0) is 6.41. The molecule has 0 bridgehead atoms. The SMILES string of the molecule is CCOCC(Br)CN. The summed E-state index contributed by atoms with van der Waals surface area (Å²) >= 11 is 3.33. The van der Waals surface area contributed by atoms with Gasteiger partial charge < -0.3 is 10.5 Å². The Morgan fingerprint density at radius 1 is 1.75 bits per heavy atom. The maximum absolute atomic E-state index is 5.29. The van der Waals surface area contributed by atoms with E-state index in [1.807, 2.05) is 6.92 Å². The first-order valence-electron chi connectivity index (χ1n) is 2.73. The fourth-order valence-electron chi connectivity index (χ4n) is 0.314. The molecule has 0 heterocycles. The Bertz CT molecular complexity index is 51.7. The quantitative estimate of drug-likeness (QED) is 0.651. The molecular formula is C5H12BrNO. The Kier molecular flexibility index (Phi) is 5.81. The largest absolute Gasteiger partial charge is 0.381 e. The summed E-state index contributed by atoms with van der Waals surface area (Å²) in [5, 5.41) is 0. The van der Waals surface area contributed by atoms with Gasteiger partial charge in [0.2, 0.25) is 0 Å². The van der Waals surface area contributed by atoms with Crippen molar-refractivity contribution in [3.05, 3.63) is 0 Å². The lowest BCUT2D eigenvalue weighted by Gasteiger charge is -2.04. The standard InChI is InChI=1S/C5H12BrNO/c1-2-8-4-5(6)3-7/h5H,2-4,7H2,1H3. The first kappa shape index (κ1) is 8.40. The maximum Gasteiger partial charge on any atom is 0.0603 e. The predicted octanol–water partition coefficient (Wildman–Crippen LogP) is 0.745. The summed E-state index contributed by atoms with van der Waals surface area (Å²) in [4.78, 5) is 0.322. The van der Waals surface area contributed by atoms with E-state index in [2.05, 4.69) is 15.9 Å². The number of hydrogen-bond donors (Lipinski definition) is 1. The zero-order valence-corrected chi connectivity index (χ0v) is 6.65. The van der Waals surface area contributed by atoms with Crippen LogP contribution in [0.4, 0.5) is 0 Å². The van der Waals surface area contributed by atoms with Crippen LogP contribution in [-0.2, 0) is 4.74 Å². The molecule has 0 aliphatic rings. The molecule has 0 aromatic rings. The van der Waals surface area contributed by atoms with Crippen LogP contribution in [0.15, 0.2) is 0 Å². The lowest BCUT2D eigenvalue weighted by Crippen LogP contribution is -2.19. The van der Waals surface area contributed by atoms with E-state index in [0.29, 0.717) is 18.0 Å². The van der Waals surface area contributed by atoms with Crippen LogP contribution in [0.3, 0.4) is 0 Å². The summed E-state index contributed by atoms with van der Waals surface area (Å²) in [6, 6.07) is 0. The monoisotopic (exact) mass is 181 g/mol. The predicted molar refractivity (Wildman–Crippen MR) is 38.3 cm³/mol. The van der Waals surface area contributed by atoms with Gasteiger partial charge in [0, 0.05) is 13.2 Å². The van der Waals surface area contributed by atoms with E-state index in [1.54, 1.807) is 0 Å². The fourth-order valence-corrected chi connectivity index (χ4v) is 0.501. The van der Waals surface area contributed by atoms with Crippen LogP contribution < -0.4 is 5.73 Å². The van der Waals surface area contributed by atoms with E-state index < -0.39 is 0 Å². The number of halogens is 1. The second-order valence-electron chi connectivity index (χ2n) is 1.49. The molecule has 0 aliphatic carbocycles. The van der Waals surface area contributed by atoms with E-state index in [4.69, 9.17) is 10.5 Å². The third-order valence-electron chi connectivity index (χ3n) is 0.759. The van der Waals surface area contributed by atoms with Crippen molar-refractivity contribution in [1.82, 2.24) is 0 Å². The molecule has 3 heteroatoms. The molecule has 8 heavy (non-hydrogen) atoms. The van der Waals surface area contributed by atoms with Crippen LogP contribution in [0, 0.1) is 0 Å². The van der Waals surface area contributed by atoms with Gasteiger partial charge >= 0.3 is 0 Å². The lowest BCUT2D eigenvalue weighted by molar-refractivity contribution is 0.151. The van der Waals surface area contributed by atoms with Gasteiger partial charge in [0.1, 0.15) is 0 Å². The highest BCUT2D eigenvalue weighted by Gasteiger charge is 1.97. The molecule has 0 saturated carbocycles. The molecule has 2 N–H and O–H groups in total. The van der Waals surface area contributed by atoms with E-state index in [9.17, 15) is 0 Å².